The lowest BCUT2D eigenvalue weighted by Crippen LogP contribution is -2.43. The number of pyridine rings is 1. The predicted molar refractivity (Wildman–Crippen MR) is 84.6 cm³/mol. The van der Waals surface area contributed by atoms with E-state index in [1.165, 1.54) is 0 Å². The summed E-state index contributed by atoms with van der Waals surface area (Å²) in [5.74, 6) is -1.25. The molecule has 1 aromatic carbocycles. The number of benzene rings is 1. The number of nitrogen functional groups attached to an aromatic ring is 1. The van der Waals surface area contributed by atoms with Crippen LogP contribution in [-0.2, 0) is 0 Å². The van der Waals surface area contributed by atoms with Gasteiger partial charge in [0.25, 0.3) is 0 Å². The molecule has 1 aromatic heterocycles. The summed E-state index contributed by atoms with van der Waals surface area (Å²) < 4.78 is 0. The molecule has 1 aliphatic rings. The van der Waals surface area contributed by atoms with Gasteiger partial charge in [-0.1, -0.05) is 0 Å². The van der Waals surface area contributed by atoms with Crippen LogP contribution in [0.3, 0.4) is 0 Å². The molecule has 1 saturated heterocycles. The number of anilines is 2. The number of hydrogen-bond acceptors (Lipinski definition) is 6. The third-order valence-electron chi connectivity index (χ3n) is 4.02. The predicted octanol–water partition coefficient (Wildman–Crippen LogP) is 0.939. The molecule has 22 heavy (non-hydrogen) atoms. The Morgan fingerprint density at radius 3 is 2.68 bits per heavy atom. The average molecular weight is 302 g/mol. The highest BCUT2D eigenvalue weighted by Gasteiger charge is 2.22. The highest BCUT2D eigenvalue weighted by molar-refractivity contribution is 6.06. The number of aromatic nitrogens is 1. The Morgan fingerprint density at radius 2 is 2.05 bits per heavy atom. The van der Waals surface area contributed by atoms with E-state index in [2.05, 4.69) is 15.2 Å². The van der Waals surface area contributed by atoms with Gasteiger partial charge in [-0.15, -0.1) is 0 Å². The van der Waals surface area contributed by atoms with Crippen molar-refractivity contribution in [2.24, 2.45) is 0 Å². The summed E-state index contributed by atoms with van der Waals surface area (Å²) in [7, 11) is 0. The van der Waals surface area contributed by atoms with Crippen LogP contribution in [0.4, 0.5) is 11.4 Å². The molecule has 3 rings (SSSR count). The van der Waals surface area contributed by atoms with E-state index in [9.17, 15) is 15.0 Å². The number of nitrogens with one attached hydrogen (secondary N) is 1. The van der Waals surface area contributed by atoms with E-state index in [4.69, 9.17) is 5.73 Å². The number of piperazine rings is 1. The van der Waals surface area contributed by atoms with Crippen molar-refractivity contribution in [3.8, 4) is 5.75 Å². The second-order valence-electron chi connectivity index (χ2n) is 5.37. The Balaban J connectivity index is 2.29. The third kappa shape index (κ3) is 2.19. The maximum Gasteiger partial charge on any atom is 0.354 e. The van der Waals surface area contributed by atoms with Crippen LogP contribution in [0.2, 0.25) is 0 Å². The molecule has 0 bridgehead atoms. The fraction of sp³-hybridized carbons (Fsp3) is 0.333. The van der Waals surface area contributed by atoms with Crippen molar-refractivity contribution in [2.45, 2.75) is 6.92 Å². The zero-order chi connectivity index (χ0) is 15.9. The summed E-state index contributed by atoms with van der Waals surface area (Å²) in [6.07, 6.45) is 0. The van der Waals surface area contributed by atoms with Crippen LogP contribution in [-0.4, -0.2) is 47.3 Å². The highest BCUT2D eigenvalue weighted by Crippen LogP contribution is 2.39. The van der Waals surface area contributed by atoms with Gasteiger partial charge >= 0.3 is 5.97 Å². The van der Waals surface area contributed by atoms with Crippen LogP contribution >= 0.6 is 0 Å². The normalized spacial score (nSPS) is 15.2. The second-order valence-corrected chi connectivity index (χ2v) is 5.37. The van der Waals surface area contributed by atoms with E-state index in [1.807, 2.05) is 6.07 Å². The van der Waals surface area contributed by atoms with Crippen molar-refractivity contribution in [1.29, 1.82) is 0 Å². The van der Waals surface area contributed by atoms with E-state index < -0.39 is 5.97 Å². The first-order valence-electron chi connectivity index (χ1n) is 7.11. The summed E-state index contributed by atoms with van der Waals surface area (Å²) in [6.45, 7) is 4.87. The molecule has 0 saturated carbocycles. The van der Waals surface area contributed by atoms with Gasteiger partial charge in [0.05, 0.1) is 22.3 Å². The Morgan fingerprint density at radius 1 is 1.36 bits per heavy atom. The first kappa shape index (κ1) is 14.4. The molecule has 0 spiro atoms. The molecule has 116 valence electrons. The maximum atomic E-state index is 11.3. The van der Waals surface area contributed by atoms with E-state index in [0.29, 0.717) is 16.6 Å². The maximum absolute atomic E-state index is 11.3. The number of carbonyl (C=O) groups is 1. The van der Waals surface area contributed by atoms with Crippen molar-refractivity contribution in [1.82, 2.24) is 10.3 Å². The topological polar surface area (TPSA) is 112 Å². The molecule has 0 radical (unpaired) electrons. The fourth-order valence-electron chi connectivity index (χ4n) is 2.82. The minimum atomic E-state index is -1.18. The molecule has 1 aliphatic heterocycles. The van der Waals surface area contributed by atoms with Crippen molar-refractivity contribution < 1.29 is 15.0 Å². The van der Waals surface area contributed by atoms with Gasteiger partial charge in [0.1, 0.15) is 5.75 Å². The Labute approximate surface area is 127 Å². The number of rotatable bonds is 2. The van der Waals surface area contributed by atoms with Crippen molar-refractivity contribution in [3.05, 3.63) is 23.4 Å². The Hall–Kier alpha value is -2.54. The van der Waals surface area contributed by atoms with Crippen molar-refractivity contribution in [2.75, 3.05) is 36.8 Å². The van der Waals surface area contributed by atoms with Crippen LogP contribution in [0.1, 0.15) is 16.1 Å². The van der Waals surface area contributed by atoms with Crippen LogP contribution in [0.25, 0.3) is 10.9 Å². The summed E-state index contributed by atoms with van der Waals surface area (Å²) in [6, 6.07) is 3.55. The molecule has 5 N–H and O–H groups in total. The number of aromatic carboxylic acids is 1. The summed E-state index contributed by atoms with van der Waals surface area (Å²) >= 11 is 0. The van der Waals surface area contributed by atoms with Crippen molar-refractivity contribution >= 4 is 28.2 Å². The quantitative estimate of drug-likeness (QED) is 0.611. The largest absolute Gasteiger partial charge is 0.507 e. The van der Waals surface area contributed by atoms with Gasteiger partial charge in [-0.2, -0.15) is 0 Å². The van der Waals surface area contributed by atoms with E-state index in [-0.39, 0.29) is 17.0 Å². The summed E-state index contributed by atoms with van der Waals surface area (Å²) in [4.78, 5) is 17.6. The first-order chi connectivity index (χ1) is 10.5. The number of fused-ring (bicyclic) bond motifs is 1. The Kier molecular flexibility index (Phi) is 3.50. The standard InChI is InChI=1S/C15H18N4O3/c1-8-12(15(21)22)18-13-9(16)2-3-10(11(13)14(8)20)19-6-4-17-5-7-19/h2-3,17H,4-7,16H2,1H3,(H,18,20)(H,21,22). The molecule has 2 heterocycles. The summed E-state index contributed by atoms with van der Waals surface area (Å²) in [5.41, 5.74) is 7.54. The first-order valence-corrected chi connectivity index (χ1v) is 7.11. The summed E-state index contributed by atoms with van der Waals surface area (Å²) in [5, 5.41) is 23.5. The van der Waals surface area contributed by atoms with Crippen molar-refractivity contribution in [3.63, 3.8) is 0 Å². The molecular weight excluding hydrogens is 284 g/mol. The van der Waals surface area contributed by atoms with Gasteiger partial charge in [0, 0.05) is 31.7 Å². The van der Waals surface area contributed by atoms with E-state index >= 15 is 0 Å². The average Bonchev–Trinajstić information content (AvgIpc) is 2.52. The molecule has 7 heteroatoms. The molecule has 0 atom stereocenters. The van der Waals surface area contributed by atoms with E-state index in [1.54, 1.807) is 13.0 Å². The van der Waals surface area contributed by atoms with Gasteiger partial charge < -0.3 is 26.2 Å². The SMILES string of the molecule is Cc1c(C(=O)O)nc2c(N)ccc(N3CCNCC3)c2c1O. The minimum absolute atomic E-state index is 0.0665. The third-order valence-corrected chi connectivity index (χ3v) is 4.02. The number of hydrogen-bond donors (Lipinski definition) is 4. The van der Waals surface area contributed by atoms with E-state index in [0.717, 1.165) is 31.9 Å². The van der Waals surface area contributed by atoms with Crippen LogP contribution in [0.15, 0.2) is 12.1 Å². The van der Waals surface area contributed by atoms with Gasteiger partial charge in [0.2, 0.25) is 0 Å². The zero-order valence-electron chi connectivity index (χ0n) is 12.3. The minimum Gasteiger partial charge on any atom is -0.507 e. The number of carboxylic acid groups (broad SMARTS) is 1. The Bertz CT molecular complexity index is 754. The van der Waals surface area contributed by atoms with Gasteiger partial charge in [-0.3, -0.25) is 0 Å². The number of carboxylic acids is 1. The lowest BCUT2D eigenvalue weighted by molar-refractivity contribution is 0.0689. The molecule has 1 fully saturated rings. The number of aromatic hydroxyl groups is 1. The van der Waals surface area contributed by atoms with Gasteiger partial charge in [0.15, 0.2) is 5.69 Å². The highest BCUT2D eigenvalue weighted by atomic mass is 16.4. The van der Waals surface area contributed by atoms with Gasteiger partial charge in [-0.25, -0.2) is 9.78 Å². The molecule has 0 aliphatic carbocycles. The lowest BCUT2D eigenvalue weighted by Gasteiger charge is -2.30. The fourth-order valence-corrected chi connectivity index (χ4v) is 2.82. The van der Waals surface area contributed by atoms with Crippen LogP contribution in [0, 0.1) is 6.92 Å². The number of nitrogens with zero attached hydrogens (tertiary/aromatic N) is 2. The molecular formula is C15H18N4O3. The molecule has 0 unspecified atom stereocenters. The smallest absolute Gasteiger partial charge is 0.354 e. The monoisotopic (exact) mass is 302 g/mol. The molecule has 7 nitrogen and oxygen atoms in total. The molecule has 2 aromatic rings. The second kappa shape index (κ2) is 5.34. The zero-order valence-corrected chi connectivity index (χ0v) is 12.3. The van der Waals surface area contributed by atoms with Gasteiger partial charge in [-0.05, 0) is 19.1 Å². The lowest BCUT2D eigenvalue weighted by atomic mass is 10.0. The van der Waals surface area contributed by atoms with Crippen LogP contribution < -0.4 is 16.0 Å². The van der Waals surface area contributed by atoms with Crippen LogP contribution in [0.5, 0.6) is 5.75 Å². The molecule has 0 amide bonds. The number of nitrogens with two attached hydrogens (primary N) is 1.